The van der Waals surface area contributed by atoms with E-state index < -0.39 is 11.9 Å². The summed E-state index contributed by atoms with van der Waals surface area (Å²) in [4.78, 5) is 29.7. The van der Waals surface area contributed by atoms with Crippen LogP contribution in [0.5, 0.6) is 0 Å². The number of ether oxygens (including phenoxy) is 1. The van der Waals surface area contributed by atoms with E-state index in [0.717, 1.165) is 11.4 Å². The minimum Gasteiger partial charge on any atom is -0.459 e. The topological polar surface area (TPSA) is 84.1 Å². The number of aromatic amines is 1. The van der Waals surface area contributed by atoms with Crippen LogP contribution in [-0.2, 0) is 14.3 Å². The maximum atomic E-state index is 11.4. The molecule has 0 spiro atoms. The highest BCUT2D eigenvalue weighted by molar-refractivity contribution is 6.37. The van der Waals surface area contributed by atoms with Crippen molar-refractivity contribution in [3.63, 3.8) is 0 Å². The van der Waals surface area contributed by atoms with Gasteiger partial charge in [-0.2, -0.15) is 0 Å². The van der Waals surface area contributed by atoms with Crippen molar-refractivity contribution < 1.29 is 14.3 Å². The van der Waals surface area contributed by atoms with Gasteiger partial charge in [0, 0.05) is 23.6 Å². The molecule has 1 amide bonds. The van der Waals surface area contributed by atoms with Gasteiger partial charge in [-0.3, -0.25) is 4.79 Å². The molecule has 2 aromatic rings. The van der Waals surface area contributed by atoms with E-state index in [1.54, 1.807) is 43.6 Å². The molecule has 0 atom stereocenters. The average Bonchev–Trinajstić information content (AvgIpc) is 2.94. The van der Waals surface area contributed by atoms with Crippen molar-refractivity contribution in [1.82, 2.24) is 9.97 Å². The molecule has 0 bridgehead atoms. The van der Waals surface area contributed by atoms with Crippen LogP contribution in [-0.4, -0.2) is 28.5 Å². The van der Waals surface area contributed by atoms with Crippen molar-refractivity contribution in [1.29, 1.82) is 0 Å². The van der Waals surface area contributed by atoms with Gasteiger partial charge in [0.05, 0.1) is 6.61 Å². The van der Waals surface area contributed by atoms with Gasteiger partial charge in [0.1, 0.15) is 5.82 Å². The van der Waals surface area contributed by atoms with Crippen molar-refractivity contribution >= 4 is 17.6 Å². The van der Waals surface area contributed by atoms with Crippen LogP contribution in [0.15, 0.2) is 36.7 Å². The molecule has 0 saturated carbocycles. The number of imidazole rings is 1. The van der Waals surface area contributed by atoms with Gasteiger partial charge in [0.2, 0.25) is 0 Å². The monoisotopic (exact) mass is 259 g/mol. The number of amides is 1. The van der Waals surface area contributed by atoms with Gasteiger partial charge >= 0.3 is 11.9 Å². The number of hydrogen-bond acceptors (Lipinski definition) is 4. The Morgan fingerprint density at radius 3 is 2.63 bits per heavy atom. The summed E-state index contributed by atoms with van der Waals surface area (Å²) in [6.45, 7) is 1.81. The molecule has 0 aliphatic rings. The third-order valence-electron chi connectivity index (χ3n) is 2.38. The second kappa shape index (κ2) is 5.81. The number of H-pyrrole nitrogens is 1. The predicted octanol–water partition coefficient (Wildman–Crippen LogP) is 1.58. The molecule has 19 heavy (non-hydrogen) atoms. The number of carbonyl (C=O) groups is 2. The number of hydrogen-bond donors (Lipinski definition) is 2. The molecule has 6 heteroatoms. The molecule has 2 N–H and O–H groups in total. The highest BCUT2D eigenvalue weighted by atomic mass is 16.5. The number of esters is 1. The summed E-state index contributed by atoms with van der Waals surface area (Å²) in [5.74, 6) is -0.937. The first-order valence-electron chi connectivity index (χ1n) is 5.78. The van der Waals surface area contributed by atoms with Gasteiger partial charge in [-0.1, -0.05) is 0 Å². The van der Waals surface area contributed by atoms with E-state index in [-0.39, 0.29) is 6.61 Å². The molecular formula is C13H13N3O3. The summed E-state index contributed by atoms with van der Waals surface area (Å²) in [6, 6.07) is 6.96. The van der Waals surface area contributed by atoms with Crippen molar-refractivity contribution in [2.24, 2.45) is 0 Å². The Morgan fingerprint density at radius 2 is 2.05 bits per heavy atom. The van der Waals surface area contributed by atoms with Crippen LogP contribution in [0.3, 0.4) is 0 Å². The van der Waals surface area contributed by atoms with Crippen LogP contribution in [0, 0.1) is 0 Å². The molecule has 0 aliphatic carbocycles. The number of nitrogens with one attached hydrogen (secondary N) is 2. The van der Waals surface area contributed by atoms with Gasteiger partial charge in [0.25, 0.3) is 0 Å². The molecule has 0 fully saturated rings. The maximum absolute atomic E-state index is 11.4. The number of benzene rings is 1. The second-order valence-electron chi connectivity index (χ2n) is 3.69. The van der Waals surface area contributed by atoms with Crippen molar-refractivity contribution in [2.75, 3.05) is 11.9 Å². The molecule has 1 aromatic heterocycles. The number of anilines is 1. The predicted molar refractivity (Wildman–Crippen MR) is 69.3 cm³/mol. The van der Waals surface area contributed by atoms with Crippen molar-refractivity contribution in [3.05, 3.63) is 36.7 Å². The fourth-order valence-electron chi connectivity index (χ4n) is 1.51. The highest BCUT2D eigenvalue weighted by Gasteiger charge is 2.14. The summed E-state index contributed by atoms with van der Waals surface area (Å²) in [7, 11) is 0. The zero-order valence-corrected chi connectivity index (χ0v) is 10.3. The minimum atomic E-state index is -0.891. The van der Waals surface area contributed by atoms with Crippen molar-refractivity contribution in [3.8, 4) is 11.4 Å². The first-order chi connectivity index (χ1) is 9.20. The molecule has 0 saturated heterocycles. The Hall–Kier alpha value is -2.63. The van der Waals surface area contributed by atoms with Gasteiger partial charge in [-0.05, 0) is 31.2 Å². The molecular weight excluding hydrogens is 246 g/mol. The molecule has 1 heterocycles. The minimum absolute atomic E-state index is 0.170. The Bertz CT molecular complexity index is 561. The lowest BCUT2D eigenvalue weighted by Gasteiger charge is -2.05. The summed E-state index contributed by atoms with van der Waals surface area (Å²) < 4.78 is 4.59. The lowest BCUT2D eigenvalue weighted by atomic mass is 10.2. The van der Waals surface area contributed by atoms with Gasteiger partial charge in [0.15, 0.2) is 0 Å². The SMILES string of the molecule is CCOC(=O)C(=O)Nc1ccc(-c2ncc[nH]2)cc1. The summed E-state index contributed by atoms with van der Waals surface area (Å²) in [5.41, 5.74) is 1.41. The summed E-state index contributed by atoms with van der Waals surface area (Å²) in [5, 5.41) is 2.45. The number of carbonyl (C=O) groups excluding carboxylic acids is 2. The molecule has 2 rings (SSSR count). The highest BCUT2D eigenvalue weighted by Crippen LogP contribution is 2.17. The Labute approximate surface area is 109 Å². The Balaban J connectivity index is 2.03. The van der Waals surface area contributed by atoms with E-state index in [2.05, 4.69) is 20.0 Å². The smallest absolute Gasteiger partial charge is 0.397 e. The van der Waals surface area contributed by atoms with Crippen LogP contribution in [0.4, 0.5) is 5.69 Å². The van der Waals surface area contributed by atoms with E-state index in [1.165, 1.54) is 0 Å². The molecule has 98 valence electrons. The van der Waals surface area contributed by atoms with E-state index in [4.69, 9.17) is 0 Å². The lowest BCUT2D eigenvalue weighted by molar-refractivity contribution is -0.152. The number of rotatable bonds is 3. The lowest BCUT2D eigenvalue weighted by Crippen LogP contribution is -2.24. The first-order valence-corrected chi connectivity index (χ1v) is 5.78. The second-order valence-corrected chi connectivity index (χ2v) is 3.69. The van der Waals surface area contributed by atoms with Crippen molar-refractivity contribution in [2.45, 2.75) is 6.92 Å². The fourth-order valence-corrected chi connectivity index (χ4v) is 1.51. The first kappa shape index (κ1) is 12.8. The van der Waals surface area contributed by atoms with Crippen LogP contribution in [0.2, 0.25) is 0 Å². The normalized spacial score (nSPS) is 9.95. The largest absolute Gasteiger partial charge is 0.459 e. The van der Waals surface area contributed by atoms with E-state index in [9.17, 15) is 9.59 Å². The van der Waals surface area contributed by atoms with Gasteiger partial charge in [-0.15, -0.1) is 0 Å². The van der Waals surface area contributed by atoms with Crippen LogP contribution >= 0.6 is 0 Å². The Kier molecular flexibility index (Phi) is 3.92. The van der Waals surface area contributed by atoms with Gasteiger partial charge in [-0.25, -0.2) is 9.78 Å². The Morgan fingerprint density at radius 1 is 1.32 bits per heavy atom. The standard InChI is InChI=1S/C13H13N3O3/c1-2-19-13(18)12(17)16-10-5-3-9(4-6-10)11-14-7-8-15-11/h3-8H,2H2,1H3,(H,14,15)(H,16,17). The van der Waals surface area contributed by atoms with E-state index in [1.807, 2.05) is 0 Å². The number of nitrogens with zero attached hydrogens (tertiary/aromatic N) is 1. The third-order valence-corrected chi connectivity index (χ3v) is 2.38. The number of aromatic nitrogens is 2. The fraction of sp³-hybridized carbons (Fsp3) is 0.154. The average molecular weight is 259 g/mol. The quantitative estimate of drug-likeness (QED) is 0.647. The van der Waals surface area contributed by atoms with E-state index in [0.29, 0.717) is 5.69 Å². The zero-order valence-electron chi connectivity index (χ0n) is 10.3. The molecule has 1 aromatic carbocycles. The zero-order chi connectivity index (χ0) is 13.7. The maximum Gasteiger partial charge on any atom is 0.397 e. The van der Waals surface area contributed by atoms with Crippen LogP contribution in [0.25, 0.3) is 11.4 Å². The van der Waals surface area contributed by atoms with Crippen LogP contribution < -0.4 is 5.32 Å². The summed E-state index contributed by atoms with van der Waals surface area (Å²) in [6.07, 6.45) is 3.39. The van der Waals surface area contributed by atoms with Crippen LogP contribution in [0.1, 0.15) is 6.92 Å². The molecule has 6 nitrogen and oxygen atoms in total. The molecule has 0 unspecified atom stereocenters. The van der Waals surface area contributed by atoms with E-state index >= 15 is 0 Å². The van der Waals surface area contributed by atoms with Gasteiger partial charge < -0.3 is 15.0 Å². The summed E-state index contributed by atoms with van der Waals surface area (Å²) >= 11 is 0. The third kappa shape index (κ3) is 3.19. The molecule has 0 radical (unpaired) electrons. The molecule has 0 aliphatic heterocycles.